The molecular formula is C85H136O4. The average Bonchev–Trinajstić information content (AvgIpc) is 3.67. The van der Waals surface area contributed by atoms with Gasteiger partial charge in [0.1, 0.15) is 0 Å². The van der Waals surface area contributed by atoms with Crippen molar-refractivity contribution in [2.45, 2.75) is 317 Å². The summed E-state index contributed by atoms with van der Waals surface area (Å²) in [5, 5.41) is 0. The van der Waals surface area contributed by atoms with Gasteiger partial charge in [0.2, 0.25) is 0 Å². The average molecular weight is 1220 g/mol. The van der Waals surface area contributed by atoms with Crippen LogP contribution < -0.4 is 0 Å². The molecule has 500 valence electrons. The molecule has 0 unspecified atom stereocenters. The first-order chi connectivity index (χ1) is 42.4. The standard InChI is InChI=1S/C85H136O4/c1-67(2)35-20-36-68(3)37-21-38-69(4)39-22-40-70(5)41-23-42-71(6)43-24-44-72(7)45-25-46-73(8)47-26-48-74(9)49-27-50-75(10)51-28-52-76(11)53-29-54-77(12)55-30-56-78(13)57-31-58-79(14)59-32-60-80(15)61-33-62-81(16)63-34-64-82(17)65-66-83(84(86)88-18)85(87)89-19/h35,37,39,41,43,45,47,49,51,53,55,57,59,61,63,65,83H,20-34,36,38,40,42,44,46,48,50,52,54,56,58,60,62,64,66H2,1-19H3/b68-37+,69-39+,70-41-,71-43-,72-45-,73-47-,74-49-,75-51-,76-53-,77-55-,78-57-,79-59-,80-61-,81-63-,82-65-. The third-order valence-electron chi connectivity index (χ3n) is 17.2. The number of methoxy groups -OCH3 is 2. The Kier molecular flexibility index (Phi) is 51.3. The number of carbonyl (C=O) groups is 2. The van der Waals surface area contributed by atoms with Crippen LogP contribution in [0.1, 0.15) is 317 Å². The number of allylic oxidation sites excluding steroid dienone is 32. The van der Waals surface area contributed by atoms with E-state index in [0.29, 0.717) is 6.42 Å². The van der Waals surface area contributed by atoms with E-state index < -0.39 is 17.9 Å². The van der Waals surface area contributed by atoms with Crippen molar-refractivity contribution in [2.75, 3.05) is 14.2 Å². The highest BCUT2D eigenvalue weighted by Crippen LogP contribution is 2.22. The molecule has 0 amide bonds. The predicted molar refractivity (Wildman–Crippen MR) is 396 cm³/mol. The van der Waals surface area contributed by atoms with Crippen molar-refractivity contribution >= 4 is 11.9 Å². The summed E-state index contributed by atoms with van der Waals surface area (Å²) in [6.07, 6.45) is 72.7. The Labute approximate surface area is 551 Å². The van der Waals surface area contributed by atoms with Gasteiger partial charge in [-0.25, -0.2) is 0 Å². The maximum Gasteiger partial charge on any atom is 0.320 e. The maximum atomic E-state index is 11.9. The molecule has 0 atom stereocenters. The SMILES string of the molecule is COC(=O)C(C/C=C(/C)CC/C=C(/C)CC/C=C(/C)CC/C=C(/C)CC/C=C(/C)CC/C=C(/C)CC/C=C(/C)CC/C=C(/C)CC/C=C(/C)CC/C=C(/C)CC/C=C(/C)CC/C=C(/C)CC/C=C(/C)CC/C=C(\C)CC/C=C(\C)CCC=C(C)C)C(=O)OC. The highest BCUT2D eigenvalue weighted by atomic mass is 16.5. The van der Waals surface area contributed by atoms with E-state index >= 15 is 0 Å². The first-order valence-corrected chi connectivity index (χ1v) is 35.1. The molecule has 0 saturated heterocycles. The van der Waals surface area contributed by atoms with Crippen LogP contribution in [0.4, 0.5) is 0 Å². The van der Waals surface area contributed by atoms with Crippen molar-refractivity contribution in [1.29, 1.82) is 0 Å². The van der Waals surface area contributed by atoms with Crippen LogP contribution in [0.5, 0.6) is 0 Å². The van der Waals surface area contributed by atoms with Crippen molar-refractivity contribution in [3.05, 3.63) is 186 Å². The van der Waals surface area contributed by atoms with E-state index in [1.807, 2.05) is 13.0 Å². The van der Waals surface area contributed by atoms with Crippen molar-refractivity contribution < 1.29 is 19.1 Å². The van der Waals surface area contributed by atoms with Crippen LogP contribution in [0, 0.1) is 5.92 Å². The van der Waals surface area contributed by atoms with Crippen molar-refractivity contribution in [2.24, 2.45) is 5.92 Å². The van der Waals surface area contributed by atoms with E-state index in [9.17, 15) is 9.59 Å². The highest BCUT2D eigenvalue weighted by molar-refractivity contribution is 5.95. The van der Waals surface area contributed by atoms with Gasteiger partial charge in [0.25, 0.3) is 0 Å². The zero-order chi connectivity index (χ0) is 66.6. The summed E-state index contributed by atoms with van der Waals surface area (Å²) in [5.74, 6) is -2.02. The zero-order valence-corrected chi connectivity index (χ0v) is 61.4. The molecule has 0 aromatic rings. The fraction of sp³-hybridized carbons (Fsp3) is 0.600. The number of ether oxygens (including phenoxy) is 2. The zero-order valence-electron chi connectivity index (χ0n) is 61.4. The van der Waals surface area contributed by atoms with Crippen LogP contribution in [-0.4, -0.2) is 26.2 Å². The molecule has 0 aromatic heterocycles. The summed E-state index contributed by atoms with van der Waals surface area (Å²) < 4.78 is 9.52. The summed E-state index contributed by atoms with van der Waals surface area (Å²) in [7, 11) is 2.59. The molecule has 4 nitrogen and oxygen atoms in total. The first kappa shape index (κ1) is 83.8. The molecular weight excluding hydrogens is 1080 g/mol. The van der Waals surface area contributed by atoms with Gasteiger partial charge in [-0.05, 0) is 317 Å². The van der Waals surface area contributed by atoms with Gasteiger partial charge >= 0.3 is 11.9 Å². The van der Waals surface area contributed by atoms with Crippen LogP contribution in [0.15, 0.2) is 186 Å². The second-order valence-corrected chi connectivity index (χ2v) is 27.0. The van der Waals surface area contributed by atoms with Gasteiger partial charge in [0.05, 0.1) is 14.2 Å². The third-order valence-corrected chi connectivity index (χ3v) is 17.2. The molecule has 0 aliphatic carbocycles. The van der Waals surface area contributed by atoms with E-state index in [0.717, 1.165) is 160 Å². The molecule has 0 N–H and O–H groups in total. The molecule has 0 aliphatic heterocycles. The predicted octanol–water partition coefficient (Wildman–Crippen LogP) is 27.2. The van der Waals surface area contributed by atoms with E-state index in [-0.39, 0.29) is 0 Å². The Hall–Kier alpha value is -5.22. The maximum absolute atomic E-state index is 11.9. The van der Waals surface area contributed by atoms with Gasteiger partial charge in [0, 0.05) is 0 Å². The largest absolute Gasteiger partial charge is 0.468 e. The molecule has 0 fully saturated rings. The summed E-state index contributed by atoms with van der Waals surface area (Å²) in [5.41, 5.74) is 23.7. The second kappa shape index (κ2) is 54.5. The highest BCUT2D eigenvalue weighted by Gasteiger charge is 2.27. The van der Waals surface area contributed by atoms with E-state index in [1.54, 1.807) is 0 Å². The summed E-state index contributed by atoms with van der Waals surface area (Å²) in [4.78, 5) is 23.9. The lowest BCUT2D eigenvalue weighted by Crippen LogP contribution is -2.26. The van der Waals surface area contributed by atoms with E-state index in [2.05, 4.69) is 202 Å². The number of rotatable bonds is 49. The van der Waals surface area contributed by atoms with Crippen LogP contribution in [0.25, 0.3) is 0 Å². The molecule has 0 aliphatic rings. The summed E-state index contributed by atoms with van der Waals surface area (Å²) in [6, 6.07) is 0. The first-order valence-electron chi connectivity index (χ1n) is 35.1. The van der Waals surface area contributed by atoms with Crippen LogP contribution >= 0.6 is 0 Å². The molecule has 0 bridgehead atoms. The number of hydrogen-bond acceptors (Lipinski definition) is 4. The fourth-order valence-corrected chi connectivity index (χ4v) is 10.7. The molecule has 0 saturated carbocycles. The van der Waals surface area contributed by atoms with E-state index in [1.165, 1.54) is 136 Å². The lowest BCUT2D eigenvalue weighted by atomic mass is 10.0. The normalized spacial score (nSPS) is 14.8. The van der Waals surface area contributed by atoms with Gasteiger partial charge in [-0.2, -0.15) is 0 Å². The van der Waals surface area contributed by atoms with Crippen LogP contribution in [0.3, 0.4) is 0 Å². The van der Waals surface area contributed by atoms with Gasteiger partial charge in [-0.15, -0.1) is 0 Å². The molecule has 4 heteroatoms. The lowest BCUT2D eigenvalue weighted by Gasteiger charge is -2.10. The minimum absolute atomic E-state index is 0.299. The van der Waals surface area contributed by atoms with E-state index in [4.69, 9.17) is 9.47 Å². The molecule has 0 aromatic carbocycles. The molecule has 0 heterocycles. The molecule has 0 radical (unpaired) electrons. The Morgan fingerprint density at radius 2 is 0.337 bits per heavy atom. The quantitative estimate of drug-likeness (QED) is 0.0346. The van der Waals surface area contributed by atoms with Crippen molar-refractivity contribution in [3.63, 3.8) is 0 Å². The van der Waals surface area contributed by atoms with Crippen LogP contribution in [0.2, 0.25) is 0 Å². The fourth-order valence-electron chi connectivity index (χ4n) is 10.7. The number of hydrogen-bond donors (Lipinski definition) is 0. The Balaban J connectivity index is 4.38. The summed E-state index contributed by atoms with van der Waals surface area (Å²) in [6.45, 7) is 38.5. The van der Waals surface area contributed by atoms with Crippen molar-refractivity contribution in [1.82, 2.24) is 0 Å². The van der Waals surface area contributed by atoms with Gasteiger partial charge in [-0.1, -0.05) is 186 Å². The smallest absolute Gasteiger partial charge is 0.320 e. The number of esters is 2. The molecule has 0 rings (SSSR count). The van der Waals surface area contributed by atoms with Crippen molar-refractivity contribution in [3.8, 4) is 0 Å². The Morgan fingerprint density at radius 1 is 0.213 bits per heavy atom. The monoisotopic (exact) mass is 1220 g/mol. The third kappa shape index (κ3) is 52.1. The Morgan fingerprint density at radius 3 is 0.461 bits per heavy atom. The minimum Gasteiger partial charge on any atom is -0.468 e. The molecule has 0 spiro atoms. The van der Waals surface area contributed by atoms with Gasteiger partial charge < -0.3 is 9.47 Å². The second-order valence-electron chi connectivity index (χ2n) is 27.0. The Bertz CT molecular complexity index is 2530. The minimum atomic E-state index is -0.904. The van der Waals surface area contributed by atoms with Gasteiger partial charge in [-0.3, -0.25) is 9.59 Å². The van der Waals surface area contributed by atoms with Crippen LogP contribution in [-0.2, 0) is 19.1 Å². The number of carbonyl (C=O) groups excluding carboxylic acids is 2. The summed E-state index contributed by atoms with van der Waals surface area (Å²) >= 11 is 0. The van der Waals surface area contributed by atoms with Gasteiger partial charge in [0.15, 0.2) is 5.92 Å². The topological polar surface area (TPSA) is 52.6 Å². The lowest BCUT2D eigenvalue weighted by molar-refractivity contribution is -0.158. The molecule has 89 heavy (non-hydrogen) atoms.